The van der Waals surface area contributed by atoms with Gasteiger partial charge >= 0.3 is 5.97 Å². The number of benzene rings is 2. The second-order valence-corrected chi connectivity index (χ2v) is 11.1. The monoisotopic (exact) mass is 571 g/mol. The van der Waals surface area contributed by atoms with E-state index in [1.54, 1.807) is 36.4 Å². The summed E-state index contributed by atoms with van der Waals surface area (Å²) < 4.78 is 28.7. The Kier molecular flexibility index (Phi) is 10.1. The van der Waals surface area contributed by atoms with Crippen LogP contribution in [0.25, 0.3) is 11.1 Å². The van der Waals surface area contributed by atoms with Crippen LogP contribution in [0.5, 0.6) is 0 Å². The normalized spacial score (nSPS) is 13.0. The summed E-state index contributed by atoms with van der Waals surface area (Å²) in [5.41, 5.74) is 3.47. The smallest absolute Gasteiger partial charge is 0.339 e. The summed E-state index contributed by atoms with van der Waals surface area (Å²) in [4.78, 5) is 48.2. The van der Waals surface area contributed by atoms with Gasteiger partial charge in [0.1, 0.15) is 6.61 Å². The van der Waals surface area contributed by atoms with E-state index in [9.17, 15) is 27.6 Å². The molecule has 0 aromatic heterocycles. The Hall–Kier alpha value is -3.90. The van der Waals surface area contributed by atoms with E-state index in [-0.39, 0.29) is 55.0 Å². The van der Waals surface area contributed by atoms with Gasteiger partial charge in [0.25, 0.3) is 0 Å². The van der Waals surface area contributed by atoms with E-state index >= 15 is 0 Å². The van der Waals surface area contributed by atoms with E-state index in [1.807, 2.05) is 0 Å². The molecule has 39 heavy (non-hydrogen) atoms. The van der Waals surface area contributed by atoms with Crippen LogP contribution in [0.2, 0.25) is 0 Å². The van der Waals surface area contributed by atoms with Gasteiger partial charge in [-0.2, -0.15) is 12.6 Å². The van der Waals surface area contributed by atoms with Crippen molar-refractivity contribution in [1.82, 2.24) is 16.0 Å². The third-order valence-corrected chi connectivity index (χ3v) is 7.17. The van der Waals surface area contributed by atoms with E-state index in [4.69, 9.17) is 4.74 Å². The summed E-state index contributed by atoms with van der Waals surface area (Å²) in [5.74, 6) is -1.30. The first-order valence-electron chi connectivity index (χ1n) is 11.9. The van der Waals surface area contributed by atoms with E-state index in [1.165, 1.54) is 12.1 Å². The highest BCUT2D eigenvalue weighted by atomic mass is 32.2. The molecule has 0 spiro atoms. The van der Waals surface area contributed by atoms with Crippen molar-refractivity contribution >= 4 is 57.2 Å². The van der Waals surface area contributed by atoms with Crippen LogP contribution in [-0.2, 0) is 40.2 Å². The lowest BCUT2D eigenvalue weighted by Gasteiger charge is -2.10. The van der Waals surface area contributed by atoms with Gasteiger partial charge < -0.3 is 20.7 Å². The van der Waals surface area contributed by atoms with Crippen LogP contribution < -0.4 is 16.0 Å². The average molecular weight is 572 g/mol. The standard InChI is InChI=1S/C27H29N3O7S2/c1-17(12-29-25(33)16-38)28-14-24(32)30-13-21(31)11-18-3-5-20(6-4-18)26-23(15-37-27(26)34)19-7-9-22(10-8-19)39(2,35)36/h3-10,28,38H,1,11-16H2,2H3,(H,29,33)(H,30,32). The quantitative estimate of drug-likeness (QED) is 0.205. The van der Waals surface area contributed by atoms with Crippen molar-refractivity contribution < 1.29 is 32.3 Å². The Bertz CT molecular complexity index is 1410. The lowest BCUT2D eigenvalue weighted by Crippen LogP contribution is -2.38. The summed E-state index contributed by atoms with van der Waals surface area (Å²) in [7, 11) is -3.34. The minimum absolute atomic E-state index is 0.0490. The number of thiol groups is 1. The lowest BCUT2D eigenvalue weighted by atomic mass is 9.95. The molecule has 0 atom stereocenters. The Balaban J connectivity index is 1.55. The Morgan fingerprint density at radius 3 is 2.13 bits per heavy atom. The Morgan fingerprint density at radius 2 is 1.51 bits per heavy atom. The topological polar surface area (TPSA) is 148 Å². The molecule has 1 aliphatic rings. The molecule has 206 valence electrons. The van der Waals surface area contributed by atoms with E-state index < -0.39 is 21.7 Å². The van der Waals surface area contributed by atoms with Crippen LogP contribution in [0.1, 0.15) is 16.7 Å². The minimum atomic E-state index is -3.34. The summed E-state index contributed by atoms with van der Waals surface area (Å²) in [6.07, 6.45) is 1.21. The lowest BCUT2D eigenvalue weighted by molar-refractivity contribution is -0.134. The number of ether oxygens (including phenoxy) is 1. The van der Waals surface area contributed by atoms with Gasteiger partial charge in [0.05, 0.1) is 35.9 Å². The van der Waals surface area contributed by atoms with Gasteiger partial charge in [0.15, 0.2) is 15.6 Å². The predicted molar refractivity (Wildman–Crippen MR) is 149 cm³/mol. The van der Waals surface area contributed by atoms with Crippen molar-refractivity contribution in [3.05, 3.63) is 77.5 Å². The second kappa shape index (κ2) is 13.3. The second-order valence-electron chi connectivity index (χ2n) is 8.81. The maximum atomic E-state index is 12.5. The molecule has 0 radical (unpaired) electrons. The molecule has 1 aliphatic heterocycles. The molecule has 12 heteroatoms. The highest BCUT2D eigenvalue weighted by Crippen LogP contribution is 2.33. The minimum Gasteiger partial charge on any atom is -0.457 e. The van der Waals surface area contributed by atoms with Crippen LogP contribution >= 0.6 is 12.6 Å². The Morgan fingerprint density at radius 1 is 0.897 bits per heavy atom. The molecule has 0 aliphatic carbocycles. The number of ketones is 1. The van der Waals surface area contributed by atoms with Gasteiger partial charge in [-0.15, -0.1) is 0 Å². The van der Waals surface area contributed by atoms with Gasteiger partial charge in [-0.1, -0.05) is 43.0 Å². The Labute approximate surface area is 232 Å². The molecule has 3 rings (SSSR count). The van der Waals surface area contributed by atoms with Crippen LogP contribution in [0.3, 0.4) is 0 Å². The summed E-state index contributed by atoms with van der Waals surface area (Å²) in [6.45, 7) is 3.68. The number of carbonyl (C=O) groups excluding carboxylic acids is 4. The molecule has 2 aromatic carbocycles. The summed E-state index contributed by atoms with van der Waals surface area (Å²) >= 11 is 3.85. The largest absolute Gasteiger partial charge is 0.457 e. The number of rotatable bonds is 13. The molecule has 2 aromatic rings. The summed E-state index contributed by atoms with van der Waals surface area (Å²) in [6, 6.07) is 13.1. The fourth-order valence-electron chi connectivity index (χ4n) is 3.70. The van der Waals surface area contributed by atoms with Crippen molar-refractivity contribution in [2.75, 3.05) is 38.2 Å². The number of cyclic esters (lactones) is 1. The first-order chi connectivity index (χ1) is 18.5. The number of amides is 2. The molecule has 0 bridgehead atoms. The van der Waals surface area contributed by atoms with E-state index in [0.717, 1.165) is 6.26 Å². The van der Waals surface area contributed by atoms with Gasteiger partial charge in [-0.05, 0) is 28.8 Å². The van der Waals surface area contributed by atoms with Crippen LogP contribution in [0, 0.1) is 0 Å². The number of carbonyl (C=O) groups is 4. The summed E-state index contributed by atoms with van der Waals surface area (Å²) in [5, 5.41) is 7.87. The van der Waals surface area contributed by atoms with E-state index in [0.29, 0.717) is 33.5 Å². The number of sulfone groups is 1. The zero-order valence-corrected chi connectivity index (χ0v) is 23.0. The molecule has 0 saturated heterocycles. The van der Waals surface area contributed by atoms with Crippen LogP contribution in [-0.4, -0.2) is 70.2 Å². The van der Waals surface area contributed by atoms with Crippen molar-refractivity contribution in [3.8, 4) is 0 Å². The van der Waals surface area contributed by atoms with E-state index in [2.05, 4.69) is 35.2 Å². The van der Waals surface area contributed by atoms with Gasteiger partial charge in [-0.3, -0.25) is 14.4 Å². The van der Waals surface area contributed by atoms with Crippen LogP contribution in [0.4, 0.5) is 0 Å². The van der Waals surface area contributed by atoms with Crippen molar-refractivity contribution in [2.45, 2.75) is 11.3 Å². The molecule has 1 heterocycles. The van der Waals surface area contributed by atoms with Gasteiger partial charge in [0, 0.05) is 23.9 Å². The predicted octanol–water partition coefficient (Wildman–Crippen LogP) is 0.935. The molecule has 3 N–H and O–H groups in total. The first kappa shape index (κ1) is 29.7. The third-order valence-electron chi connectivity index (χ3n) is 5.75. The van der Waals surface area contributed by atoms with Crippen molar-refractivity contribution in [1.29, 1.82) is 0 Å². The zero-order chi connectivity index (χ0) is 28.6. The molecule has 2 amide bonds. The van der Waals surface area contributed by atoms with Crippen molar-refractivity contribution in [3.63, 3.8) is 0 Å². The average Bonchev–Trinajstić information content (AvgIpc) is 3.30. The maximum Gasteiger partial charge on any atom is 0.339 e. The highest BCUT2D eigenvalue weighted by Gasteiger charge is 2.27. The molecule has 0 fully saturated rings. The third kappa shape index (κ3) is 8.55. The zero-order valence-electron chi connectivity index (χ0n) is 21.3. The molecule has 0 unspecified atom stereocenters. The van der Waals surface area contributed by atoms with Gasteiger partial charge in [0.2, 0.25) is 11.8 Å². The first-order valence-corrected chi connectivity index (χ1v) is 14.4. The number of Topliss-reactive ketones (excluding diaryl/α,β-unsaturated/α-hetero) is 1. The SMILES string of the molecule is C=C(CNC(=O)CS)NCC(=O)NCC(=O)Cc1ccc(C2=C(c3ccc(S(C)(=O)=O)cc3)COC2=O)cc1. The molecular weight excluding hydrogens is 542 g/mol. The number of hydrogen-bond donors (Lipinski definition) is 4. The van der Waals surface area contributed by atoms with Crippen molar-refractivity contribution in [2.24, 2.45) is 0 Å². The maximum absolute atomic E-state index is 12.5. The molecule has 0 saturated carbocycles. The number of nitrogens with one attached hydrogen (secondary N) is 3. The number of esters is 1. The van der Waals surface area contributed by atoms with Crippen LogP contribution in [0.15, 0.2) is 65.7 Å². The fourth-order valence-corrected chi connectivity index (χ4v) is 4.44. The number of hydrogen-bond acceptors (Lipinski definition) is 9. The molecular formula is C27H29N3O7S2. The fraction of sp³-hybridized carbons (Fsp3) is 0.259. The molecule has 10 nitrogen and oxygen atoms in total. The van der Waals surface area contributed by atoms with Gasteiger partial charge in [-0.25, -0.2) is 13.2 Å². The highest BCUT2D eigenvalue weighted by molar-refractivity contribution is 7.90.